The van der Waals surface area contributed by atoms with Gasteiger partial charge in [-0.05, 0) is 66.0 Å². The molecule has 1 aromatic heterocycles. The van der Waals surface area contributed by atoms with Crippen molar-refractivity contribution >= 4 is 111 Å². The molecule has 31 nitrogen and oxygen atoms in total. The Labute approximate surface area is 383 Å². The van der Waals surface area contributed by atoms with Crippen LogP contribution in [-0.4, -0.2) is 85.4 Å². The molecule has 6 aromatic rings. The molecule has 68 heavy (non-hydrogen) atoms. The van der Waals surface area contributed by atoms with Crippen LogP contribution in [0.5, 0.6) is 11.5 Å². The summed E-state index contributed by atoms with van der Waals surface area (Å²) in [5.74, 6) is -4.04. The second-order valence-electron chi connectivity index (χ2n) is 12.6. The van der Waals surface area contributed by atoms with E-state index >= 15 is 0 Å². The minimum absolute atomic E-state index is 0.0702. The number of carboxylic acid groups (broad SMARTS) is 1. The number of benzene rings is 5. The smallest absolute Gasteiger partial charge is 0.356 e. The van der Waals surface area contributed by atoms with E-state index in [0.29, 0.717) is 16.8 Å². The molecule has 0 saturated heterocycles. The molecule has 6 rings (SSSR count). The zero-order valence-electron chi connectivity index (χ0n) is 32.3. The zero-order valence-corrected chi connectivity index (χ0v) is 36.4. The van der Waals surface area contributed by atoms with Crippen molar-refractivity contribution in [2.75, 3.05) is 0 Å². The second-order valence-corrected chi connectivity index (χ2v) is 18.2. The van der Waals surface area contributed by atoms with Crippen LogP contribution in [0.2, 0.25) is 0 Å². The molecule has 0 fully saturated rings. The highest BCUT2D eigenvalue weighted by Gasteiger charge is 2.28. The third kappa shape index (κ3) is 11.0. The number of nitrogens with one attached hydrogen (secondary N) is 1. The second kappa shape index (κ2) is 20.0. The summed E-state index contributed by atoms with van der Waals surface area (Å²) in [5, 5.41) is 92.2. The van der Waals surface area contributed by atoms with Gasteiger partial charge in [-0.2, -0.15) is 30.4 Å². The van der Waals surface area contributed by atoms with Crippen molar-refractivity contribution in [3.8, 4) is 17.2 Å². The van der Waals surface area contributed by atoms with Crippen LogP contribution in [0, 0.1) is 10.1 Å². The van der Waals surface area contributed by atoms with Crippen LogP contribution in [0.1, 0.15) is 10.5 Å². The van der Waals surface area contributed by atoms with Crippen molar-refractivity contribution in [1.82, 2.24) is 9.78 Å². The van der Waals surface area contributed by atoms with Crippen molar-refractivity contribution in [3.05, 3.63) is 99.0 Å². The summed E-state index contributed by atoms with van der Waals surface area (Å²) in [6.07, 6.45) is 0. The third-order valence-electron chi connectivity index (χ3n) is 8.47. The predicted octanol–water partition coefficient (Wildman–Crippen LogP) is 7.18. The quantitative estimate of drug-likeness (QED) is 0.0103. The molecule has 9 N–H and O–H groups in total. The van der Waals surface area contributed by atoms with E-state index in [-0.39, 0.29) is 46.0 Å². The molecule has 0 saturated carbocycles. The molecule has 0 aliphatic heterocycles. The number of nitro benzene ring substituents is 1. The van der Waals surface area contributed by atoms with Crippen LogP contribution in [-0.2, 0) is 49.1 Å². The summed E-state index contributed by atoms with van der Waals surface area (Å²) < 4.78 is 111. The Hall–Kier alpha value is -7.17. The van der Waals surface area contributed by atoms with Crippen molar-refractivity contribution in [3.63, 3.8) is 0 Å². The number of non-ortho nitro benzene ring substituents is 1. The Morgan fingerprint density at radius 3 is 1.84 bits per heavy atom. The van der Waals surface area contributed by atoms with Crippen molar-refractivity contribution in [1.29, 1.82) is 0 Å². The lowest BCUT2D eigenvalue weighted by Gasteiger charge is -2.13. The Balaban J connectivity index is 1.44. The minimum Gasteiger partial charge on any atom is -0.505 e. The Morgan fingerprint density at radius 1 is 0.676 bits per heavy atom. The largest absolute Gasteiger partial charge is 0.505 e. The molecule has 1 heterocycles. The molecule has 356 valence electrons. The molecule has 0 aliphatic carbocycles. The van der Waals surface area contributed by atoms with Gasteiger partial charge in [0, 0.05) is 12.1 Å². The van der Waals surface area contributed by atoms with Gasteiger partial charge >= 0.3 is 5.97 Å². The monoisotopic (exact) mass is 1040 g/mol. The number of hydrogen-bond donors (Lipinski definition) is 9. The van der Waals surface area contributed by atoms with Crippen molar-refractivity contribution < 1.29 is 93.2 Å². The lowest BCUT2D eigenvalue weighted by Crippen LogP contribution is -2.14. The van der Waals surface area contributed by atoms with E-state index in [9.17, 15) is 73.9 Å². The van der Waals surface area contributed by atoms with E-state index in [2.05, 4.69) is 54.5 Å². The molecule has 0 amide bonds. The average molecular weight is 1040 g/mol. The fourth-order valence-corrected chi connectivity index (χ4v) is 8.32. The van der Waals surface area contributed by atoms with Crippen LogP contribution in [0.4, 0.5) is 39.8 Å². The molecule has 0 radical (unpaired) electrons. The number of aromatic nitrogens is 2. The summed E-state index contributed by atoms with van der Waals surface area (Å²) in [6, 6.07) is 10.8. The number of H-pyrrole nitrogens is 1. The molecule has 0 aliphatic rings. The van der Waals surface area contributed by atoms with E-state index in [1.165, 1.54) is 0 Å². The van der Waals surface area contributed by atoms with Crippen LogP contribution in [0.15, 0.2) is 133 Å². The third-order valence-corrected chi connectivity index (χ3v) is 12.3. The van der Waals surface area contributed by atoms with Gasteiger partial charge in [-0.1, -0.05) is 10.1 Å². The standard InChI is InChI=1S/C32H21N9O22S5/c42-29-24-13(9-21(65-63-61-50)25(29)36-35-19-8-4-16(41(47)48)12-22(19)67(54,55)56)10-23(68(57,58)59)26(30(24)43)37-34-18-7-1-14(11-20(18)64-62-60-49)33-38-27-28(32(45)46)39-40(31(27)44)15-2-5-17(6-3-15)66(51,52)53/h1-12,39,42-43,49-50H,(H,45,46)(H,51,52,53)(H,54,55,56)(H,57,58,59). The van der Waals surface area contributed by atoms with Crippen LogP contribution >= 0.6 is 24.1 Å². The van der Waals surface area contributed by atoms with E-state index in [1.807, 2.05) is 0 Å². The SMILES string of the molecule is O=C(O)c1[nH]n(-c2ccc(S(=O)(=O)O)cc2)c(=O)c1N=Nc1ccc(N=Nc2c(S(=O)(=O)O)cc3cc(SOOO)c(N=Nc4ccc([N+](=O)[O-])cc4S(=O)(=O)O)c(O)c3c2O)c(SOOO)c1. The lowest BCUT2D eigenvalue weighted by molar-refractivity contribution is -0.432. The highest BCUT2D eigenvalue weighted by Crippen LogP contribution is 2.51. The minimum atomic E-state index is -5.37. The van der Waals surface area contributed by atoms with Crippen LogP contribution < -0.4 is 5.56 Å². The van der Waals surface area contributed by atoms with Gasteiger partial charge in [0.15, 0.2) is 22.9 Å². The van der Waals surface area contributed by atoms with Gasteiger partial charge in [-0.15, -0.1) is 34.2 Å². The van der Waals surface area contributed by atoms with Gasteiger partial charge in [0.05, 0.1) is 60.5 Å². The van der Waals surface area contributed by atoms with Gasteiger partial charge in [0.1, 0.15) is 32.5 Å². The number of rotatable bonds is 18. The number of hydrogen-bond acceptors (Lipinski definition) is 26. The number of nitro groups is 1. The number of aromatic carboxylic acids is 1. The molecule has 0 bridgehead atoms. The number of carboxylic acids is 1. The van der Waals surface area contributed by atoms with Gasteiger partial charge in [-0.3, -0.25) is 33.7 Å². The van der Waals surface area contributed by atoms with E-state index in [4.69, 9.17) is 10.5 Å². The molecular weight excluding hydrogens is 1020 g/mol. The van der Waals surface area contributed by atoms with Crippen LogP contribution in [0.3, 0.4) is 0 Å². The number of fused-ring (bicyclic) bond motifs is 1. The van der Waals surface area contributed by atoms with E-state index in [0.717, 1.165) is 60.7 Å². The zero-order chi connectivity index (χ0) is 49.9. The Morgan fingerprint density at radius 2 is 1.25 bits per heavy atom. The maximum absolute atomic E-state index is 13.2. The first kappa shape index (κ1) is 50.2. The number of aromatic amines is 1. The first-order valence-corrected chi connectivity index (χ1v) is 22.9. The molecule has 0 atom stereocenters. The Kier molecular flexibility index (Phi) is 14.8. The Bertz CT molecular complexity index is 3530. The fraction of sp³-hybridized carbons (Fsp3) is 0. The molecule has 0 spiro atoms. The van der Waals surface area contributed by atoms with Gasteiger partial charge in [0.25, 0.3) is 41.6 Å². The number of azo groups is 3. The van der Waals surface area contributed by atoms with E-state index in [1.54, 1.807) is 0 Å². The summed E-state index contributed by atoms with van der Waals surface area (Å²) >= 11 is 0.265. The maximum atomic E-state index is 13.2. The normalized spacial score (nSPS) is 12.5. The highest BCUT2D eigenvalue weighted by molar-refractivity contribution is 7.95. The van der Waals surface area contributed by atoms with Crippen LogP contribution in [0.25, 0.3) is 16.5 Å². The summed E-state index contributed by atoms with van der Waals surface area (Å²) in [5.41, 5.74) is -6.61. The molecular formula is C32H21N9O22S5. The number of phenolic OH excluding ortho intramolecular Hbond substituents is 2. The molecule has 5 aromatic carbocycles. The summed E-state index contributed by atoms with van der Waals surface area (Å²) in [4.78, 5) is 32.0. The van der Waals surface area contributed by atoms with Gasteiger partial charge in [-0.25, -0.2) is 20.0 Å². The van der Waals surface area contributed by atoms with Gasteiger partial charge in [0.2, 0.25) is 0 Å². The molecule has 0 unspecified atom stereocenters. The maximum Gasteiger partial charge on any atom is 0.356 e. The number of aromatic hydroxyl groups is 2. The first-order chi connectivity index (χ1) is 31.9. The van der Waals surface area contributed by atoms with Gasteiger partial charge < -0.3 is 15.3 Å². The number of carbonyl (C=O) groups is 1. The van der Waals surface area contributed by atoms with E-state index < -0.39 is 123 Å². The topological polar surface area (TPSA) is 473 Å². The lowest BCUT2D eigenvalue weighted by atomic mass is 10.1. The summed E-state index contributed by atoms with van der Waals surface area (Å²) in [7, 11) is -15.2. The fourth-order valence-electron chi connectivity index (χ4n) is 5.57. The van der Waals surface area contributed by atoms with Crippen molar-refractivity contribution in [2.24, 2.45) is 30.7 Å². The average Bonchev–Trinajstić information content (AvgIpc) is 3.61. The van der Waals surface area contributed by atoms with Crippen molar-refractivity contribution in [2.45, 2.75) is 24.5 Å². The highest BCUT2D eigenvalue weighted by atomic mass is 32.2. The number of phenols is 2. The first-order valence-electron chi connectivity index (χ1n) is 17.1. The molecule has 36 heteroatoms. The summed E-state index contributed by atoms with van der Waals surface area (Å²) in [6.45, 7) is 0. The number of nitrogens with zero attached hydrogens (tertiary/aromatic N) is 8. The predicted molar refractivity (Wildman–Crippen MR) is 223 cm³/mol.